The van der Waals surface area contributed by atoms with Gasteiger partial charge in [0.1, 0.15) is 6.00 Å². The van der Waals surface area contributed by atoms with E-state index in [1.807, 2.05) is 30.3 Å². The van der Waals surface area contributed by atoms with Crippen LogP contribution in [0.4, 0.5) is 0 Å². The fraction of sp³-hybridized carbons (Fsp3) is 0.308. The zero-order valence-corrected chi connectivity index (χ0v) is 10.3. The predicted molar refractivity (Wildman–Crippen MR) is 67.7 cm³/mol. The van der Waals surface area contributed by atoms with Gasteiger partial charge in [-0.2, -0.15) is 0 Å². The highest BCUT2D eigenvalue weighted by Crippen LogP contribution is 2.27. The lowest BCUT2D eigenvalue weighted by Crippen LogP contribution is -2.27. The molecule has 4 nitrogen and oxygen atoms in total. The minimum Gasteiger partial charge on any atom is -0.460 e. The topological polar surface area (TPSA) is 44.8 Å². The van der Waals surface area contributed by atoms with Crippen molar-refractivity contribution in [2.75, 3.05) is 6.61 Å². The van der Waals surface area contributed by atoms with Gasteiger partial charge in [0.2, 0.25) is 0 Å². The Balaban J connectivity index is 2.17. The van der Waals surface area contributed by atoms with Crippen LogP contribution in [0.25, 0.3) is 0 Å². The molecule has 0 aliphatic carbocycles. The molecule has 0 N–H and O–H groups in total. The second kappa shape index (κ2) is 5.84. The highest BCUT2D eigenvalue weighted by molar-refractivity contribution is 6.53. The molecule has 18 heavy (non-hydrogen) atoms. The van der Waals surface area contributed by atoms with Gasteiger partial charge >= 0.3 is 12.9 Å². The van der Waals surface area contributed by atoms with E-state index in [1.165, 1.54) is 0 Å². The van der Waals surface area contributed by atoms with E-state index in [9.17, 15) is 4.79 Å². The maximum atomic E-state index is 11.7. The van der Waals surface area contributed by atoms with Crippen molar-refractivity contribution in [3.8, 4) is 0 Å². The van der Waals surface area contributed by atoms with Gasteiger partial charge in [0.05, 0.1) is 6.61 Å². The number of benzene rings is 1. The summed E-state index contributed by atoms with van der Waals surface area (Å²) in [6.07, 6.45) is 0.697. The Morgan fingerprint density at radius 3 is 2.72 bits per heavy atom. The van der Waals surface area contributed by atoms with Crippen molar-refractivity contribution in [3.63, 3.8) is 0 Å². The average molecular weight is 246 g/mol. The Bertz CT molecular complexity index is 426. The zero-order valence-electron chi connectivity index (χ0n) is 10.3. The summed E-state index contributed by atoms with van der Waals surface area (Å²) in [5.74, 6) is -0.417. The molecule has 1 aliphatic rings. The third-order valence-corrected chi connectivity index (χ3v) is 2.73. The smallest absolute Gasteiger partial charge is 0.390 e. The predicted octanol–water partition coefficient (Wildman–Crippen LogP) is 2.34. The molecule has 1 aromatic carbocycles. The van der Waals surface area contributed by atoms with Crippen molar-refractivity contribution >= 4 is 12.9 Å². The van der Waals surface area contributed by atoms with E-state index < -0.39 is 12.0 Å². The first kappa shape index (κ1) is 12.9. The van der Waals surface area contributed by atoms with Crippen molar-refractivity contribution in [1.29, 1.82) is 0 Å². The van der Waals surface area contributed by atoms with Gasteiger partial charge in [0, 0.05) is 5.57 Å². The van der Waals surface area contributed by atoms with Crippen LogP contribution in [0.15, 0.2) is 42.5 Å². The van der Waals surface area contributed by atoms with Gasteiger partial charge in [0.25, 0.3) is 0 Å². The second-order valence-electron chi connectivity index (χ2n) is 4.26. The Morgan fingerprint density at radius 1 is 1.44 bits per heavy atom. The first-order valence-electron chi connectivity index (χ1n) is 5.88. The van der Waals surface area contributed by atoms with E-state index >= 15 is 0 Å². The van der Waals surface area contributed by atoms with E-state index in [-0.39, 0.29) is 6.92 Å². The molecule has 1 saturated heterocycles. The third-order valence-electron chi connectivity index (χ3n) is 2.73. The highest BCUT2D eigenvalue weighted by atomic mass is 17.2. The van der Waals surface area contributed by atoms with Crippen molar-refractivity contribution in [2.45, 2.75) is 19.2 Å². The molecule has 0 bridgehead atoms. The summed E-state index contributed by atoms with van der Waals surface area (Å²) in [4.78, 5) is 21.7. The lowest BCUT2D eigenvalue weighted by Gasteiger charge is -2.19. The second-order valence-corrected chi connectivity index (χ2v) is 4.26. The van der Waals surface area contributed by atoms with Gasteiger partial charge in [-0.05, 0) is 18.8 Å². The summed E-state index contributed by atoms with van der Waals surface area (Å²) < 4.78 is 5.44. The Kier molecular flexibility index (Phi) is 4.17. The lowest BCUT2D eigenvalue weighted by atomic mass is 9.58. The fourth-order valence-electron chi connectivity index (χ4n) is 1.77. The van der Waals surface area contributed by atoms with E-state index in [0.717, 1.165) is 5.56 Å². The van der Waals surface area contributed by atoms with E-state index in [1.54, 1.807) is 6.92 Å². The monoisotopic (exact) mass is 246 g/mol. The molecular formula is C13H15BO4. The van der Waals surface area contributed by atoms with Crippen molar-refractivity contribution in [3.05, 3.63) is 48.0 Å². The van der Waals surface area contributed by atoms with Crippen LogP contribution in [0, 0.1) is 0 Å². The zero-order chi connectivity index (χ0) is 13.0. The van der Waals surface area contributed by atoms with Crippen LogP contribution in [0.2, 0.25) is 6.32 Å². The number of rotatable bonds is 4. The van der Waals surface area contributed by atoms with Crippen molar-refractivity contribution < 1.29 is 19.2 Å². The molecule has 0 radical (unpaired) electrons. The molecule has 0 saturated carbocycles. The summed E-state index contributed by atoms with van der Waals surface area (Å²) in [7, 11) is 0. The van der Waals surface area contributed by atoms with Crippen LogP contribution >= 0.6 is 0 Å². The first-order valence-corrected chi connectivity index (χ1v) is 5.88. The molecular weight excluding hydrogens is 231 g/mol. The Labute approximate surface area is 107 Å². The van der Waals surface area contributed by atoms with E-state index in [4.69, 9.17) is 14.4 Å². The highest BCUT2D eigenvalue weighted by Gasteiger charge is 2.37. The number of hydrogen-bond donors (Lipinski definition) is 0. The molecule has 1 heterocycles. The van der Waals surface area contributed by atoms with Crippen LogP contribution in [0.5, 0.6) is 0 Å². The van der Waals surface area contributed by atoms with Gasteiger partial charge in [-0.3, -0.25) is 9.69 Å². The SMILES string of the molecule is C=C(C)C(=O)OC(B1CCOO1)c1ccccc1. The minimum atomic E-state index is -0.460. The van der Waals surface area contributed by atoms with Crippen LogP contribution in [-0.4, -0.2) is 19.5 Å². The van der Waals surface area contributed by atoms with Crippen molar-refractivity contribution in [2.24, 2.45) is 0 Å². The molecule has 0 amide bonds. The summed E-state index contributed by atoms with van der Waals surface area (Å²) >= 11 is 0. The summed E-state index contributed by atoms with van der Waals surface area (Å²) in [6.45, 7) is 5.45. The molecule has 1 aromatic rings. The Hall–Kier alpha value is -1.59. The van der Waals surface area contributed by atoms with Crippen LogP contribution in [-0.2, 0) is 19.2 Å². The van der Waals surface area contributed by atoms with Crippen LogP contribution in [0.3, 0.4) is 0 Å². The molecule has 0 spiro atoms. The summed E-state index contributed by atoms with van der Waals surface area (Å²) in [6, 6.07) is 9.04. The van der Waals surface area contributed by atoms with Crippen LogP contribution < -0.4 is 0 Å². The quantitative estimate of drug-likeness (QED) is 0.354. The van der Waals surface area contributed by atoms with Crippen LogP contribution in [0.1, 0.15) is 18.5 Å². The maximum absolute atomic E-state index is 11.7. The summed E-state index contributed by atoms with van der Waals surface area (Å²) in [5, 5.41) is 0. The van der Waals surface area contributed by atoms with E-state index in [0.29, 0.717) is 18.5 Å². The number of hydrogen-bond acceptors (Lipinski definition) is 4. The maximum Gasteiger partial charge on any atom is 0.390 e. The minimum absolute atomic E-state index is 0.268. The number of ether oxygens (including phenoxy) is 1. The van der Waals surface area contributed by atoms with Gasteiger partial charge < -0.3 is 4.74 Å². The molecule has 2 rings (SSSR count). The van der Waals surface area contributed by atoms with Gasteiger partial charge in [-0.15, -0.1) is 0 Å². The molecule has 94 valence electrons. The number of esters is 1. The Morgan fingerprint density at radius 2 is 2.17 bits per heavy atom. The first-order chi connectivity index (χ1) is 8.68. The van der Waals surface area contributed by atoms with Gasteiger partial charge in [-0.25, -0.2) is 4.79 Å². The van der Waals surface area contributed by atoms with Gasteiger partial charge in [-0.1, -0.05) is 36.9 Å². The molecule has 1 fully saturated rings. The van der Waals surface area contributed by atoms with E-state index in [2.05, 4.69) is 6.58 Å². The van der Waals surface area contributed by atoms with Gasteiger partial charge in [0.15, 0.2) is 0 Å². The van der Waals surface area contributed by atoms with Crippen molar-refractivity contribution in [1.82, 2.24) is 0 Å². The normalized spacial score (nSPS) is 16.4. The molecule has 1 atom stereocenters. The molecule has 1 unspecified atom stereocenters. The molecule has 5 heteroatoms. The number of carbonyl (C=O) groups excluding carboxylic acids is 1. The third kappa shape index (κ3) is 3.00. The lowest BCUT2D eigenvalue weighted by molar-refractivity contribution is -0.190. The standard InChI is InChI=1S/C13H15BO4/c1-10(2)13(15)17-12(14-8-9-16-18-14)11-6-4-3-5-7-11/h3-7,12H,1,8-9H2,2H3. The summed E-state index contributed by atoms with van der Waals surface area (Å²) in [5.41, 5.74) is 1.26. The molecule has 1 aliphatic heterocycles. The largest absolute Gasteiger partial charge is 0.460 e. The fourth-order valence-corrected chi connectivity index (χ4v) is 1.77. The number of carbonyl (C=O) groups is 1. The average Bonchev–Trinajstić information content (AvgIpc) is 2.90. The molecule has 0 aromatic heterocycles.